The monoisotopic (exact) mass is 279 g/mol. The molecule has 0 aromatic carbocycles. The topological polar surface area (TPSA) is 49.8 Å². The standard InChI is InChI=1S/C16H25NO3/c1-17(2)11-12-6-4-5-9-16(12,19)14-10-13(20-3)7-8-15(14)18/h7,10,12,19H,4-6,8-9,11H2,1-3H3. The van der Waals surface area contributed by atoms with Crippen LogP contribution in [-0.4, -0.2) is 49.1 Å². The molecule has 0 amide bonds. The largest absolute Gasteiger partial charge is 0.497 e. The summed E-state index contributed by atoms with van der Waals surface area (Å²) in [4.78, 5) is 14.3. The molecule has 1 fully saturated rings. The zero-order chi connectivity index (χ0) is 14.8. The highest BCUT2D eigenvalue weighted by molar-refractivity contribution is 5.99. The van der Waals surface area contributed by atoms with E-state index in [0.29, 0.717) is 24.2 Å². The molecule has 2 atom stereocenters. The maximum Gasteiger partial charge on any atom is 0.165 e. The predicted molar refractivity (Wildman–Crippen MR) is 78.3 cm³/mol. The van der Waals surface area contributed by atoms with Gasteiger partial charge in [-0.25, -0.2) is 0 Å². The van der Waals surface area contributed by atoms with Gasteiger partial charge in [-0.3, -0.25) is 4.79 Å². The number of carbonyl (C=O) groups excluding carboxylic acids is 1. The number of aliphatic hydroxyl groups is 1. The number of hydrogen-bond acceptors (Lipinski definition) is 4. The summed E-state index contributed by atoms with van der Waals surface area (Å²) in [5.74, 6) is 0.818. The Morgan fingerprint density at radius 2 is 2.20 bits per heavy atom. The SMILES string of the molecule is COC1=CCC(=O)C(C2(O)CCCCC2CN(C)C)=C1. The van der Waals surface area contributed by atoms with Crippen LogP contribution < -0.4 is 0 Å². The molecule has 0 aliphatic heterocycles. The second kappa shape index (κ2) is 6.10. The Morgan fingerprint density at radius 3 is 2.85 bits per heavy atom. The summed E-state index contributed by atoms with van der Waals surface area (Å²) in [6.07, 6.45) is 7.56. The van der Waals surface area contributed by atoms with Crippen LogP contribution >= 0.6 is 0 Å². The van der Waals surface area contributed by atoms with Gasteiger partial charge < -0.3 is 14.7 Å². The third kappa shape index (κ3) is 2.96. The lowest BCUT2D eigenvalue weighted by Crippen LogP contribution is -2.48. The molecule has 0 bridgehead atoms. The quantitative estimate of drug-likeness (QED) is 0.854. The summed E-state index contributed by atoms with van der Waals surface area (Å²) in [6.45, 7) is 0.799. The Labute approximate surface area is 121 Å². The van der Waals surface area contributed by atoms with Gasteiger partial charge in [0, 0.05) is 24.5 Å². The van der Waals surface area contributed by atoms with Gasteiger partial charge in [-0.15, -0.1) is 0 Å². The minimum absolute atomic E-state index is 0.0268. The Bertz CT molecular complexity index is 439. The van der Waals surface area contributed by atoms with Crippen molar-refractivity contribution in [3.63, 3.8) is 0 Å². The van der Waals surface area contributed by atoms with Crippen LogP contribution in [0.1, 0.15) is 32.1 Å². The average molecular weight is 279 g/mol. The summed E-state index contributed by atoms with van der Waals surface area (Å²) in [6, 6.07) is 0. The lowest BCUT2D eigenvalue weighted by molar-refractivity contribution is -0.119. The normalized spacial score (nSPS) is 31.1. The van der Waals surface area contributed by atoms with E-state index >= 15 is 0 Å². The molecule has 2 aliphatic carbocycles. The molecule has 0 heterocycles. The molecule has 2 rings (SSSR count). The molecular formula is C16H25NO3. The van der Waals surface area contributed by atoms with Crippen molar-refractivity contribution in [1.82, 2.24) is 4.90 Å². The molecule has 2 aliphatic rings. The van der Waals surface area contributed by atoms with E-state index in [4.69, 9.17) is 4.74 Å². The zero-order valence-electron chi connectivity index (χ0n) is 12.7. The first-order valence-corrected chi connectivity index (χ1v) is 7.34. The first-order valence-electron chi connectivity index (χ1n) is 7.34. The average Bonchev–Trinajstić information content (AvgIpc) is 2.41. The molecule has 0 aromatic heterocycles. The van der Waals surface area contributed by atoms with Crippen LogP contribution in [0.15, 0.2) is 23.5 Å². The molecule has 1 saturated carbocycles. The van der Waals surface area contributed by atoms with E-state index in [1.807, 2.05) is 14.1 Å². The number of nitrogens with zero attached hydrogens (tertiary/aromatic N) is 1. The van der Waals surface area contributed by atoms with Crippen molar-refractivity contribution in [2.45, 2.75) is 37.7 Å². The minimum Gasteiger partial charge on any atom is -0.497 e. The van der Waals surface area contributed by atoms with Crippen molar-refractivity contribution in [2.24, 2.45) is 5.92 Å². The van der Waals surface area contributed by atoms with Crippen molar-refractivity contribution < 1.29 is 14.6 Å². The summed E-state index contributed by atoms with van der Waals surface area (Å²) in [5.41, 5.74) is -0.458. The van der Waals surface area contributed by atoms with Gasteiger partial charge in [0.05, 0.1) is 12.7 Å². The zero-order valence-corrected chi connectivity index (χ0v) is 12.7. The number of Topliss-reactive ketones (excluding diaryl/α,β-unsaturated/α-hetero) is 1. The third-order valence-electron chi connectivity index (χ3n) is 4.40. The van der Waals surface area contributed by atoms with Gasteiger partial charge in [0.15, 0.2) is 5.78 Å². The van der Waals surface area contributed by atoms with Gasteiger partial charge in [-0.1, -0.05) is 12.8 Å². The lowest BCUT2D eigenvalue weighted by Gasteiger charge is -2.43. The molecule has 20 heavy (non-hydrogen) atoms. The van der Waals surface area contributed by atoms with Crippen molar-refractivity contribution in [2.75, 3.05) is 27.7 Å². The minimum atomic E-state index is -1.00. The summed E-state index contributed by atoms with van der Waals surface area (Å²) in [7, 11) is 5.61. The fraction of sp³-hybridized carbons (Fsp3) is 0.688. The van der Waals surface area contributed by atoms with Gasteiger partial charge in [-0.2, -0.15) is 0 Å². The number of methoxy groups -OCH3 is 1. The van der Waals surface area contributed by atoms with Crippen molar-refractivity contribution >= 4 is 5.78 Å². The fourth-order valence-corrected chi connectivity index (χ4v) is 3.36. The molecule has 2 unspecified atom stereocenters. The molecule has 0 spiro atoms. The summed E-state index contributed by atoms with van der Waals surface area (Å²) in [5, 5.41) is 11.2. The fourth-order valence-electron chi connectivity index (χ4n) is 3.36. The Morgan fingerprint density at radius 1 is 1.45 bits per heavy atom. The van der Waals surface area contributed by atoms with Crippen LogP contribution in [0.4, 0.5) is 0 Å². The smallest absolute Gasteiger partial charge is 0.165 e. The second-order valence-corrected chi connectivity index (χ2v) is 6.13. The molecule has 1 N–H and O–H groups in total. The molecule has 0 radical (unpaired) electrons. The van der Waals surface area contributed by atoms with Gasteiger partial charge >= 0.3 is 0 Å². The Balaban J connectivity index is 2.32. The van der Waals surface area contributed by atoms with E-state index in [9.17, 15) is 9.90 Å². The van der Waals surface area contributed by atoms with Gasteiger partial charge in [0.25, 0.3) is 0 Å². The maximum atomic E-state index is 12.2. The van der Waals surface area contributed by atoms with Gasteiger partial charge in [0.1, 0.15) is 5.76 Å². The first kappa shape index (κ1) is 15.3. The molecule has 4 nitrogen and oxygen atoms in total. The number of hydrogen-bond donors (Lipinski definition) is 1. The van der Waals surface area contributed by atoms with Crippen LogP contribution in [-0.2, 0) is 9.53 Å². The van der Waals surface area contributed by atoms with Crippen molar-refractivity contribution in [1.29, 1.82) is 0 Å². The van der Waals surface area contributed by atoms with E-state index in [0.717, 1.165) is 25.8 Å². The lowest BCUT2D eigenvalue weighted by atomic mass is 9.69. The van der Waals surface area contributed by atoms with Crippen LogP contribution in [0.5, 0.6) is 0 Å². The maximum absolute atomic E-state index is 12.2. The third-order valence-corrected chi connectivity index (χ3v) is 4.40. The van der Waals surface area contributed by atoms with Crippen molar-refractivity contribution in [3.8, 4) is 0 Å². The number of carbonyl (C=O) groups is 1. The molecular weight excluding hydrogens is 254 g/mol. The molecule has 112 valence electrons. The van der Waals surface area contributed by atoms with E-state index in [1.165, 1.54) is 0 Å². The molecule has 0 aromatic rings. The first-order chi connectivity index (χ1) is 9.47. The van der Waals surface area contributed by atoms with Crippen LogP contribution in [0.2, 0.25) is 0 Å². The van der Waals surface area contributed by atoms with E-state index in [-0.39, 0.29) is 11.7 Å². The number of allylic oxidation sites excluding steroid dienone is 2. The van der Waals surface area contributed by atoms with Crippen LogP contribution in [0.25, 0.3) is 0 Å². The summed E-state index contributed by atoms with van der Waals surface area (Å²) < 4.78 is 5.23. The molecule has 4 heteroatoms. The Hall–Kier alpha value is -1.13. The number of rotatable bonds is 4. The molecule has 0 saturated heterocycles. The Kier molecular flexibility index (Phi) is 4.66. The number of ketones is 1. The van der Waals surface area contributed by atoms with Crippen LogP contribution in [0.3, 0.4) is 0 Å². The van der Waals surface area contributed by atoms with Gasteiger partial charge in [0.2, 0.25) is 0 Å². The van der Waals surface area contributed by atoms with Crippen molar-refractivity contribution in [3.05, 3.63) is 23.5 Å². The summed E-state index contributed by atoms with van der Waals surface area (Å²) >= 11 is 0. The highest BCUT2D eigenvalue weighted by Gasteiger charge is 2.44. The second-order valence-electron chi connectivity index (χ2n) is 6.13. The highest BCUT2D eigenvalue weighted by Crippen LogP contribution is 2.41. The van der Waals surface area contributed by atoms with E-state index in [1.54, 1.807) is 19.3 Å². The van der Waals surface area contributed by atoms with Gasteiger partial charge in [-0.05, 0) is 39.1 Å². The highest BCUT2D eigenvalue weighted by atomic mass is 16.5. The predicted octanol–water partition coefficient (Wildman–Crippen LogP) is 1.90. The van der Waals surface area contributed by atoms with E-state index < -0.39 is 5.60 Å². The van der Waals surface area contributed by atoms with E-state index in [2.05, 4.69) is 4.90 Å². The van der Waals surface area contributed by atoms with Crippen LogP contribution in [0, 0.1) is 5.92 Å². The number of ether oxygens (including phenoxy) is 1.